The van der Waals surface area contributed by atoms with Crippen LogP contribution in [0.15, 0.2) is 36.7 Å². The minimum absolute atomic E-state index is 0.0280. The van der Waals surface area contributed by atoms with Crippen LogP contribution in [0.5, 0.6) is 0 Å². The molecule has 3 aromatic rings. The molecule has 0 radical (unpaired) electrons. The Labute approximate surface area is 160 Å². The van der Waals surface area contributed by atoms with Gasteiger partial charge in [0.25, 0.3) is 0 Å². The Bertz CT molecular complexity index is 1100. The molecule has 0 aliphatic carbocycles. The van der Waals surface area contributed by atoms with Crippen molar-refractivity contribution in [2.75, 3.05) is 13.1 Å². The van der Waals surface area contributed by atoms with E-state index in [1.54, 1.807) is 0 Å². The van der Waals surface area contributed by atoms with Gasteiger partial charge in [-0.15, -0.1) is 0 Å². The molecule has 1 aromatic carbocycles. The Kier molecular flexibility index (Phi) is 4.51. The molecule has 0 N–H and O–H groups in total. The molecule has 4 nitrogen and oxygen atoms in total. The summed E-state index contributed by atoms with van der Waals surface area (Å²) in [5.41, 5.74) is -1.07. The number of hydrogen-bond acceptors (Lipinski definition) is 2. The Hall–Kier alpha value is -3.04. The Morgan fingerprint density at radius 1 is 1.10 bits per heavy atom. The van der Waals surface area contributed by atoms with Gasteiger partial charge in [0.05, 0.1) is 24.2 Å². The highest BCUT2D eigenvalue weighted by molar-refractivity contribution is 5.85. The van der Waals surface area contributed by atoms with Crippen LogP contribution in [0.3, 0.4) is 0 Å². The monoisotopic (exact) mass is 413 g/mol. The summed E-state index contributed by atoms with van der Waals surface area (Å²) in [4.78, 5) is 17.4. The third-order valence-corrected chi connectivity index (χ3v) is 4.77. The zero-order valence-electron chi connectivity index (χ0n) is 14.7. The van der Waals surface area contributed by atoms with E-state index in [2.05, 4.69) is 4.98 Å². The lowest BCUT2D eigenvalue weighted by atomic mass is 10.0. The average molecular weight is 413 g/mol. The minimum atomic E-state index is -4.87. The van der Waals surface area contributed by atoms with E-state index >= 15 is 0 Å². The summed E-state index contributed by atoms with van der Waals surface area (Å²) in [5.74, 6) is -2.53. The normalized spacial score (nSPS) is 15.0. The highest BCUT2D eigenvalue weighted by atomic mass is 19.4. The summed E-state index contributed by atoms with van der Waals surface area (Å²) in [6, 6.07) is 3.88. The van der Waals surface area contributed by atoms with E-state index in [9.17, 15) is 31.1 Å². The van der Waals surface area contributed by atoms with Crippen molar-refractivity contribution in [1.29, 1.82) is 0 Å². The summed E-state index contributed by atoms with van der Waals surface area (Å²) in [5, 5.41) is 0. The maximum absolute atomic E-state index is 14.2. The molecule has 152 valence electrons. The van der Waals surface area contributed by atoms with Gasteiger partial charge in [-0.25, -0.2) is 13.2 Å². The van der Waals surface area contributed by atoms with E-state index in [-0.39, 0.29) is 41.8 Å². The standard InChI is InChI=1S/C19H13F6N3O/c20-12-6-28(7-12)17(29)9-27-8-15(22)18-16(27)4-11(5-26-18)10-1-2-14(21)13(3-10)19(23,24)25/h1-5,8,12H,6-7,9H2. The first-order chi connectivity index (χ1) is 13.6. The zero-order valence-corrected chi connectivity index (χ0v) is 14.7. The van der Waals surface area contributed by atoms with E-state index in [1.807, 2.05) is 0 Å². The molecule has 10 heteroatoms. The number of fused-ring (bicyclic) bond motifs is 1. The first kappa shape index (κ1) is 19.3. The smallest absolute Gasteiger partial charge is 0.335 e. The number of benzene rings is 1. The molecule has 1 saturated heterocycles. The number of likely N-dealkylation sites (tertiary alicyclic amines) is 1. The largest absolute Gasteiger partial charge is 0.419 e. The van der Waals surface area contributed by atoms with Crippen molar-refractivity contribution in [3.63, 3.8) is 0 Å². The van der Waals surface area contributed by atoms with Gasteiger partial charge in [0.15, 0.2) is 5.82 Å². The molecule has 0 atom stereocenters. The van der Waals surface area contributed by atoms with Gasteiger partial charge in [0.2, 0.25) is 5.91 Å². The molecular weight excluding hydrogens is 400 g/mol. The number of nitrogens with zero attached hydrogens (tertiary/aromatic N) is 3. The summed E-state index contributed by atoms with van der Waals surface area (Å²) in [6.45, 7) is -0.324. The maximum atomic E-state index is 14.2. The van der Waals surface area contributed by atoms with Crippen LogP contribution in [-0.2, 0) is 17.5 Å². The summed E-state index contributed by atoms with van der Waals surface area (Å²) in [6.07, 6.45) is -3.72. The molecule has 4 rings (SSSR count). The lowest BCUT2D eigenvalue weighted by Crippen LogP contribution is -2.52. The molecule has 0 unspecified atom stereocenters. The highest BCUT2D eigenvalue weighted by Gasteiger charge is 2.34. The van der Waals surface area contributed by atoms with Crippen LogP contribution in [0.2, 0.25) is 0 Å². The molecule has 1 amide bonds. The number of halogens is 6. The second kappa shape index (κ2) is 6.78. The van der Waals surface area contributed by atoms with Crippen molar-refractivity contribution in [3.05, 3.63) is 53.9 Å². The van der Waals surface area contributed by atoms with Gasteiger partial charge in [-0.2, -0.15) is 13.2 Å². The van der Waals surface area contributed by atoms with E-state index in [1.165, 1.54) is 21.7 Å². The molecule has 0 saturated carbocycles. The molecular formula is C19H13F6N3O. The number of rotatable bonds is 3. The van der Waals surface area contributed by atoms with Crippen LogP contribution in [0, 0.1) is 11.6 Å². The predicted molar refractivity (Wildman–Crippen MR) is 91.6 cm³/mol. The van der Waals surface area contributed by atoms with Gasteiger partial charge < -0.3 is 9.47 Å². The van der Waals surface area contributed by atoms with Crippen LogP contribution in [-0.4, -0.2) is 39.6 Å². The second-order valence-electron chi connectivity index (χ2n) is 6.79. The highest BCUT2D eigenvalue weighted by Crippen LogP contribution is 2.35. The van der Waals surface area contributed by atoms with Crippen molar-refractivity contribution < 1.29 is 31.1 Å². The van der Waals surface area contributed by atoms with Crippen LogP contribution in [0.4, 0.5) is 26.3 Å². The first-order valence-electron chi connectivity index (χ1n) is 8.57. The summed E-state index contributed by atoms with van der Waals surface area (Å²) < 4.78 is 80.8. The Balaban J connectivity index is 1.71. The fourth-order valence-corrected chi connectivity index (χ4v) is 3.21. The molecule has 1 fully saturated rings. The predicted octanol–water partition coefficient (Wildman–Crippen LogP) is 4.18. The lowest BCUT2D eigenvalue weighted by Gasteiger charge is -2.34. The van der Waals surface area contributed by atoms with Gasteiger partial charge >= 0.3 is 6.18 Å². The van der Waals surface area contributed by atoms with Gasteiger partial charge in [0, 0.05) is 18.0 Å². The van der Waals surface area contributed by atoms with Gasteiger partial charge in [-0.05, 0) is 23.8 Å². The Morgan fingerprint density at radius 3 is 2.48 bits per heavy atom. The molecule has 1 aliphatic heterocycles. The lowest BCUT2D eigenvalue weighted by molar-refractivity contribution is -0.140. The number of carbonyl (C=O) groups excluding carboxylic acids is 1. The fourth-order valence-electron chi connectivity index (χ4n) is 3.21. The third-order valence-electron chi connectivity index (χ3n) is 4.77. The van der Waals surface area contributed by atoms with Crippen molar-refractivity contribution in [2.45, 2.75) is 18.9 Å². The molecule has 2 aromatic heterocycles. The maximum Gasteiger partial charge on any atom is 0.419 e. The van der Waals surface area contributed by atoms with E-state index < -0.39 is 35.5 Å². The second-order valence-corrected chi connectivity index (χ2v) is 6.79. The SMILES string of the molecule is O=C(Cn1cc(F)c2ncc(-c3ccc(F)c(C(F)(F)F)c3)cc21)N1CC(F)C1. The number of carbonyl (C=O) groups is 1. The zero-order chi connectivity index (χ0) is 20.9. The quantitative estimate of drug-likeness (QED) is 0.605. The van der Waals surface area contributed by atoms with Crippen LogP contribution < -0.4 is 0 Å². The van der Waals surface area contributed by atoms with Crippen molar-refractivity contribution in [2.24, 2.45) is 0 Å². The Morgan fingerprint density at radius 2 is 1.83 bits per heavy atom. The number of alkyl halides is 4. The fraction of sp³-hybridized carbons (Fsp3) is 0.263. The third kappa shape index (κ3) is 3.54. The van der Waals surface area contributed by atoms with E-state index in [0.29, 0.717) is 12.1 Å². The van der Waals surface area contributed by atoms with E-state index in [0.717, 1.165) is 12.3 Å². The molecule has 1 aliphatic rings. The van der Waals surface area contributed by atoms with Crippen molar-refractivity contribution in [1.82, 2.24) is 14.5 Å². The van der Waals surface area contributed by atoms with Gasteiger partial charge in [0.1, 0.15) is 24.1 Å². The first-order valence-corrected chi connectivity index (χ1v) is 8.57. The van der Waals surface area contributed by atoms with Crippen LogP contribution in [0.25, 0.3) is 22.2 Å². The molecule has 0 bridgehead atoms. The average Bonchev–Trinajstić information content (AvgIpc) is 2.93. The van der Waals surface area contributed by atoms with Crippen molar-refractivity contribution >= 4 is 16.9 Å². The molecule has 3 heterocycles. The minimum Gasteiger partial charge on any atom is -0.335 e. The van der Waals surface area contributed by atoms with Crippen molar-refractivity contribution in [3.8, 4) is 11.1 Å². The summed E-state index contributed by atoms with van der Waals surface area (Å²) >= 11 is 0. The van der Waals surface area contributed by atoms with Crippen LogP contribution in [0.1, 0.15) is 5.56 Å². The van der Waals surface area contributed by atoms with Gasteiger partial charge in [-0.1, -0.05) is 6.07 Å². The number of amides is 1. The topological polar surface area (TPSA) is 38.1 Å². The number of aromatic nitrogens is 2. The van der Waals surface area contributed by atoms with Gasteiger partial charge in [-0.3, -0.25) is 9.78 Å². The number of pyridine rings is 1. The van der Waals surface area contributed by atoms with E-state index in [4.69, 9.17) is 0 Å². The molecule has 29 heavy (non-hydrogen) atoms. The molecule has 0 spiro atoms. The summed E-state index contributed by atoms with van der Waals surface area (Å²) in [7, 11) is 0. The van der Waals surface area contributed by atoms with Crippen LogP contribution >= 0.6 is 0 Å². The number of hydrogen-bond donors (Lipinski definition) is 0.